The number of carbonyl (C=O) groups excluding carboxylic acids is 1. The average molecular weight is 392 g/mol. The lowest BCUT2D eigenvalue weighted by atomic mass is 9.98. The number of nitrogens with zero attached hydrogens (tertiary/aromatic N) is 4. The molecule has 1 atom stereocenters. The van der Waals surface area contributed by atoms with Crippen LogP contribution in [0.5, 0.6) is 0 Å². The molecule has 0 N–H and O–H groups in total. The highest BCUT2D eigenvalue weighted by Gasteiger charge is 2.27. The second kappa shape index (κ2) is 6.91. The van der Waals surface area contributed by atoms with Crippen molar-refractivity contribution in [2.45, 2.75) is 12.8 Å². The summed E-state index contributed by atoms with van der Waals surface area (Å²) in [7, 11) is 1.45. The molecule has 0 radical (unpaired) electrons. The summed E-state index contributed by atoms with van der Waals surface area (Å²) >= 11 is 1.74. The van der Waals surface area contributed by atoms with Gasteiger partial charge in [-0.1, -0.05) is 18.2 Å². The molecule has 28 heavy (non-hydrogen) atoms. The lowest BCUT2D eigenvalue weighted by molar-refractivity contribution is -0.145. The van der Waals surface area contributed by atoms with Gasteiger partial charge in [-0.2, -0.15) is 0 Å². The number of anilines is 1. The molecular formula is C21H20N4O2S. The molecule has 0 saturated carbocycles. The summed E-state index contributed by atoms with van der Waals surface area (Å²) in [4.78, 5) is 19.8. The molecule has 6 nitrogen and oxygen atoms in total. The van der Waals surface area contributed by atoms with E-state index < -0.39 is 0 Å². The molecule has 4 aromatic rings. The maximum atomic E-state index is 12.0. The van der Waals surface area contributed by atoms with Gasteiger partial charge in [0.1, 0.15) is 11.5 Å². The van der Waals surface area contributed by atoms with Gasteiger partial charge in [0.05, 0.1) is 24.1 Å². The van der Waals surface area contributed by atoms with Crippen LogP contribution in [0.2, 0.25) is 0 Å². The van der Waals surface area contributed by atoms with E-state index in [2.05, 4.69) is 40.2 Å². The van der Waals surface area contributed by atoms with Gasteiger partial charge < -0.3 is 9.64 Å². The Bertz CT molecular complexity index is 1130. The molecule has 4 heterocycles. The van der Waals surface area contributed by atoms with Crippen molar-refractivity contribution in [3.05, 3.63) is 48.7 Å². The van der Waals surface area contributed by atoms with Crippen LogP contribution in [0, 0.1) is 5.92 Å². The van der Waals surface area contributed by atoms with E-state index in [1.807, 2.05) is 22.8 Å². The van der Waals surface area contributed by atoms with E-state index in [0.717, 1.165) is 41.4 Å². The molecule has 1 saturated heterocycles. The first-order valence-electron chi connectivity index (χ1n) is 9.39. The van der Waals surface area contributed by atoms with E-state index in [1.54, 1.807) is 11.3 Å². The van der Waals surface area contributed by atoms with Crippen molar-refractivity contribution in [3.8, 4) is 10.6 Å². The van der Waals surface area contributed by atoms with Gasteiger partial charge in [-0.05, 0) is 42.5 Å². The third kappa shape index (κ3) is 2.92. The van der Waals surface area contributed by atoms with Crippen LogP contribution in [0.3, 0.4) is 0 Å². The average Bonchev–Trinajstić information content (AvgIpc) is 3.36. The molecule has 1 fully saturated rings. The molecular weight excluding hydrogens is 372 g/mol. The number of thiophene rings is 1. The summed E-state index contributed by atoms with van der Waals surface area (Å²) in [6.45, 7) is 1.52. The lowest BCUT2D eigenvalue weighted by Gasteiger charge is -2.32. The third-order valence-corrected chi connectivity index (χ3v) is 6.44. The Morgan fingerprint density at radius 2 is 2.14 bits per heavy atom. The molecule has 0 amide bonds. The summed E-state index contributed by atoms with van der Waals surface area (Å²) in [5.74, 6) is 0.627. The van der Waals surface area contributed by atoms with Crippen LogP contribution < -0.4 is 4.90 Å². The highest BCUT2D eigenvalue weighted by molar-refractivity contribution is 7.22. The summed E-state index contributed by atoms with van der Waals surface area (Å²) in [5, 5.41) is 6.09. The SMILES string of the molecule is COC(=O)C1CCCN(c2ccc3ncc(-c4cc5ccccc5s4)n3n2)C1. The first kappa shape index (κ1) is 17.2. The zero-order valence-electron chi connectivity index (χ0n) is 15.5. The monoisotopic (exact) mass is 392 g/mol. The number of methoxy groups -OCH3 is 1. The predicted molar refractivity (Wildman–Crippen MR) is 111 cm³/mol. The summed E-state index contributed by atoms with van der Waals surface area (Å²) < 4.78 is 8.09. The minimum Gasteiger partial charge on any atom is -0.469 e. The van der Waals surface area contributed by atoms with E-state index in [9.17, 15) is 4.79 Å². The Morgan fingerprint density at radius 1 is 1.25 bits per heavy atom. The molecule has 0 bridgehead atoms. The fourth-order valence-electron chi connectivity index (χ4n) is 3.85. The number of ether oxygens (including phenoxy) is 1. The summed E-state index contributed by atoms with van der Waals surface area (Å²) in [6, 6.07) is 14.5. The van der Waals surface area contributed by atoms with Gasteiger partial charge in [0, 0.05) is 17.8 Å². The third-order valence-electron chi connectivity index (χ3n) is 5.31. The second-order valence-electron chi connectivity index (χ2n) is 7.06. The molecule has 5 rings (SSSR count). The van der Waals surface area contributed by atoms with Crippen LogP contribution in [0.4, 0.5) is 5.82 Å². The molecule has 3 aromatic heterocycles. The fraction of sp³-hybridized carbons (Fsp3) is 0.286. The second-order valence-corrected chi connectivity index (χ2v) is 8.15. The van der Waals surface area contributed by atoms with Crippen molar-refractivity contribution in [1.29, 1.82) is 0 Å². The van der Waals surface area contributed by atoms with Crippen LogP contribution in [-0.2, 0) is 9.53 Å². The largest absolute Gasteiger partial charge is 0.469 e. The molecule has 7 heteroatoms. The molecule has 0 aliphatic carbocycles. The highest BCUT2D eigenvalue weighted by atomic mass is 32.1. The van der Waals surface area contributed by atoms with Crippen LogP contribution >= 0.6 is 11.3 Å². The molecule has 142 valence electrons. The van der Waals surface area contributed by atoms with Crippen molar-refractivity contribution >= 4 is 38.9 Å². The van der Waals surface area contributed by atoms with E-state index >= 15 is 0 Å². The Balaban J connectivity index is 1.52. The zero-order chi connectivity index (χ0) is 19.1. The summed E-state index contributed by atoms with van der Waals surface area (Å²) in [6.07, 6.45) is 3.69. The van der Waals surface area contributed by atoms with Crippen molar-refractivity contribution in [3.63, 3.8) is 0 Å². The van der Waals surface area contributed by atoms with E-state index in [-0.39, 0.29) is 11.9 Å². The van der Waals surface area contributed by atoms with Crippen LogP contribution in [0.15, 0.2) is 48.7 Å². The first-order valence-corrected chi connectivity index (χ1v) is 10.2. The molecule has 0 spiro atoms. The number of aromatic nitrogens is 3. The van der Waals surface area contributed by atoms with E-state index in [4.69, 9.17) is 9.84 Å². The minimum atomic E-state index is -0.139. The molecule has 1 unspecified atom stereocenters. The number of esters is 1. The number of imidazole rings is 1. The number of carbonyl (C=O) groups is 1. The van der Waals surface area contributed by atoms with Gasteiger partial charge >= 0.3 is 5.97 Å². The summed E-state index contributed by atoms with van der Waals surface area (Å²) in [5.41, 5.74) is 1.80. The van der Waals surface area contributed by atoms with Gasteiger partial charge in [-0.15, -0.1) is 16.4 Å². The Morgan fingerprint density at radius 3 is 3.00 bits per heavy atom. The number of fused-ring (bicyclic) bond motifs is 2. The highest BCUT2D eigenvalue weighted by Crippen LogP contribution is 2.34. The molecule has 1 aromatic carbocycles. The van der Waals surface area contributed by atoms with Crippen LogP contribution in [-0.4, -0.2) is 40.8 Å². The van der Waals surface area contributed by atoms with Gasteiger partial charge in [0.15, 0.2) is 5.65 Å². The Hall–Kier alpha value is -2.93. The van der Waals surface area contributed by atoms with Crippen LogP contribution in [0.25, 0.3) is 26.3 Å². The number of hydrogen-bond acceptors (Lipinski definition) is 6. The standard InChI is InChI=1S/C21H20N4O2S/c1-27-21(26)15-6-4-10-24(13-15)20-9-8-19-22-12-16(25(19)23-20)18-11-14-5-2-3-7-17(14)28-18/h2-3,5,7-9,11-12,15H,4,6,10,13H2,1H3. The number of hydrogen-bond donors (Lipinski definition) is 0. The fourth-order valence-corrected chi connectivity index (χ4v) is 4.91. The van der Waals surface area contributed by atoms with Crippen molar-refractivity contribution in [1.82, 2.24) is 14.6 Å². The number of rotatable bonds is 3. The maximum Gasteiger partial charge on any atom is 0.310 e. The van der Waals surface area contributed by atoms with Gasteiger partial charge in [-0.3, -0.25) is 4.79 Å². The molecule has 1 aliphatic rings. The topological polar surface area (TPSA) is 59.7 Å². The van der Waals surface area contributed by atoms with Gasteiger partial charge in [0.25, 0.3) is 0 Å². The maximum absolute atomic E-state index is 12.0. The Kier molecular flexibility index (Phi) is 4.24. The minimum absolute atomic E-state index is 0.0962. The van der Waals surface area contributed by atoms with Crippen LogP contribution in [0.1, 0.15) is 12.8 Å². The van der Waals surface area contributed by atoms with E-state index in [0.29, 0.717) is 6.54 Å². The number of benzene rings is 1. The lowest BCUT2D eigenvalue weighted by Crippen LogP contribution is -2.39. The van der Waals surface area contributed by atoms with E-state index in [1.165, 1.54) is 17.2 Å². The Labute approximate surface area is 166 Å². The number of piperidine rings is 1. The van der Waals surface area contributed by atoms with Crippen molar-refractivity contribution in [2.75, 3.05) is 25.1 Å². The van der Waals surface area contributed by atoms with Gasteiger partial charge in [-0.25, -0.2) is 9.50 Å². The quantitative estimate of drug-likeness (QED) is 0.493. The predicted octanol–water partition coefficient (Wildman–Crippen LogP) is 4.00. The van der Waals surface area contributed by atoms with Crippen molar-refractivity contribution < 1.29 is 9.53 Å². The van der Waals surface area contributed by atoms with Crippen molar-refractivity contribution in [2.24, 2.45) is 5.92 Å². The van der Waals surface area contributed by atoms with Gasteiger partial charge in [0.2, 0.25) is 0 Å². The zero-order valence-corrected chi connectivity index (χ0v) is 16.4. The first-order chi connectivity index (χ1) is 13.7. The smallest absolute Gasteiger partial charge is 0.310 e. The normalized spacial score (nSPS) is 17.3. The molecule has 1 aliphatic heterocycles.